The molecule has 0 aromatic heterocycles. The molecule has 0 amide bonds. The lowest BCUT2D eigenvalue weighted by atomic mass is 9.92. The molecule has 0 fully saturated rings. The Hall–Kier alpha value is -5.26. The Labute approximate surface area is 263 Å². The number of fused-ring (bicyclic) bond motifs is 3. The van der Waals surface area contributed by atoms with Crippen LogP contribution in [-0.2, 0) is 19.8 Å². The molecule has 5 heteroatoms. The van der Waals surface area contributed by atoms with Gasteiger partial charge >= 0.3 is 0 Å². The summed E-state index contributed by atoms with van der Waals surface area (Å²) in [5.74, 6) is 2.34. The second kappa shape index (κ2) is 13.2. The molecule has 0 unspecified atom stereocenters. The molecule has 2 atom stereocenters. The Morgan fingerprint density at radius 3 is 1.67 bits per heavy atom. The SMILES string of the molecule is O[C@@H]1C[C@@H](c2cc(OCc3ccccc3)c(OCc3ccccc3)c(OCc3ccccc3)c2)Oc2c1ccc1ccccc21. The van der Waals surface area contributed by atoms with Crippen molar-refractivity contribution in [3.63, 3.8) is 0 Å². The molecule has 0 radical (unpaired) electrons. The standard InChI is InChI=1S/C40H34O5/c41-35-24-36(45-39-33-19-11-10-18-31(33)20-21-34(35)39)32-22-37(42-25-28-12-4-1-5-13-28)40(44-27-30-16-8-3-9-17-30)38(23-32)43-26-29-14-6-2-7-15-29/h1-23,35-36,41H,24-27H2/t35-,36+/m1/s1. The van der Waals surface area contributed by atoms with Gasteiger partial charge in [0.1, 0.15) is 31.7 Å². The fraction of sp³-hybridized carbons (Fsp3) is 0.150. The van der Waals surface area contributed by atoms with Crippen molar-refractivity contribution in [2.75, 3.05) is 0 Å². The molecule has 7 rings (SSSR count). The van der Waals surface area contributed by atoms with Crippen molar-refractivity contribution >= 4 is 10.8 Å². The lowest BCUT2D eigenvalue weighted by molar-refractivity contribution is 0.0668. The van der Waals surface area contributed by atoms with Gasteiger partial charge in [0, 0.05) is 22.9 Å². The summed E-state index contributed by atoms with van der Waals surface area (Å²) in [6.07, 6.45) is -0.717. The first kappa shape index (κ1) is 28.5. The summed E-state index contributed by atoms with van der Waals surface area (Å²) in [5, 5.41) is 13.3. The molecule has 6 aromatic carbocycles. The highest BCUT2D eigenvalue weighted by molar-refractivity contribution is 5.90. The van der Waals surface area contributed by atoms with Gasteiger partial charge in [-0.05, 0) is 34.2 Å². The number of hydrogen-bond acceptors (Lipinski definition) is 5. The van der Waals surface area contributed by atoms with E-state index in [2.05, 4.69) is 6.07 Å². The molecule has 45 heavy (non-hydrogen) atoms. The molecule has 1 aliphatic heterocycles. The van der Waals surface area contributed by atoms with Crippen LogP contribution in [0.3, 0.4) is 0 Å². The zero-order valence-electron chi connectivity index (χ0n) is 24.8. The van der Waals surface area contributed by atoms with Crippen LogP contribution in [0, 0.1) is 0 Å². The predicted octanol–water partition coefficient (Wildman–Crippen LogP) is 9.13. The van der Waals surface area contributed by atoms with Gasteiger partial charge < -0.3 is 24.1 Å². The molecule has 0 saturated heterocycles. The number of aliphatic hydroxyl groups excluding tert-OH is 1. The maximum atomic E-state index is 11.3. The molecule has 224 valence electrons. The number of aliphatic hydroxyl groups is 1. The first-order valence-electron chi connectivity index (χ1n) is 15.3. The first-order valence-corrected chi connectivity index (χ1v) is 15.3. The Balaban J connectivity index is 1.28. The van der Waals surface area contributed by atoms with Crippen LogP contribution < -0.4 is 18.9 Å². The van der Waals surface area contributed by atoms with E-state index < -0.39 is 12.2 Å². The Morgan fingerprint density at radius 2 is 1.09 bits per heavy atom. The molecule has 1 aliphatic rings. The lowest BCUT2D eigenvalue weighted by Gasteiger charge is -2.31. The van der Waals surface area contributed by atoms with E-state index in [0.717, 1.165) is 38.6 Å². The normalized spacial score (nSPS) is 15.6. The topological polar surface area (TPSA) is 57.2 Å². The average molecular weight is 595 g/mol. The molecule has 0 saturated carbocycles. The third-order valence-corrected chi connectivity index (χ3v) is 8.08. The maximum absolute atomic E-state index is 11.3. The number of benzene rings is 6. The lowest BCUT2D eigenvalue weighted by Crippen LogP contribution is -2.19. The minimum Gasteiger partial charge on any atom is -0.485 e. The summed E-state index contributed by atoms with van der Waals surface area (Å²) < 4.78 is 26.1. The summed E-state index contributed by atoms with van der Waals surface area (Å²) in [7, 11) is 0. The van der Waals surface area contributed by atoms with E-state index in [0.29, 0.717) is 49.2 Å². The van der Waals surface area contributed by atoms with Crippen LogP contribution in [0.15, 0.2) is 140 Å². The van der Waals surface area contributed by atoms with Crippen LogP contribution in [0.2, 0.25) is 0 Å². The van der Waals surface area contributed by atoms with Gasteiger partial charge in [-0.1, -0.05) is 127 Å². The third-order valence-electron chi connectivity index (χ3n) is 8.08. The van der Waals surface area contributed by atoms with Crippen LogP contribution in [0.5, 0.6) is 23.0 Å². The van der Waals surface area contributed by atoms with E-state index in [9.17, 15) is 5.11 Å². The van der Waals surface area contributed by atoms with E-state index in [1.165, 1.54) is 0 Å². The van der Waals surface area contributed by atoms with E-state index in [-0.39, 0.29) is 0 Å². The van der Waals surface area contributed by atoms with Gasteiger partial charge in [0.15, 0.2) is 11.5 Å². The minimum absolute atomic E-state index is 0.349. The molecule has 0 bridgehead atoms. The van der Waals surface area contributed by atoms with Gasteiger partial charge in [-0.15, -0.1) is 0 Å². The van der Waals surface area contributed by atoms with Crippen LogP contribution in [0.25, 0.3) is 10.8 Å². The fourth-order valence-electron chi connectivity index (χ4n) is 5.72. The average Bonchev–Trinajstić information content (AvgIpc) is 3.10. The predicted molar refractivity (Wildman–Crippen MR) is 176 cm³/mol. The highest BCUT2D eigenvalue weighted by Gasteiger charge is 2.31. The van der Waals surface area contributed by atoms with Crippen LogP contribution >= 0.6 is 0 Å². The second-order valence-corrected chi connectivity index (χ2v) is 11.2. The molecule has 0 spiro atoms. The smallest absolute Gasteiger partial charge is 0.203 e. The van der Waals surface area contributed by atoms with Crippen LogP contribution in [0.1, 0.15) is 46.4 Å². The third kappa shape index (κ3) is 6.49. The zero-order chi connectivity index (χ0) is 30.4. The van der Waals surface area contributed by atoms with Gasteiger partial charge in [-0.25, -0.2) is 0 Å². The summed E-state index contributed by atoms with van der Waals surface area (Å²) in [6, 6.07) is 46.1. The quantitative estimate of drug-likeness (QED) is 0.171. The highest BCUT2D eigenvalue weighted by atomic mass is 16.5. The van der Waals surface area contributed by atoms with Crippen molar-refractivity contribution in [1.82, 2.24) is 0 Å². The van der Waals surface area contributed by atoms with E-state index in [4.69, 9.17) is 18.9 Å². The summed E-state index contributed by atoms with van der Waals surface area (Å²) in [4.78, 5) is 0. The maximum Gasteiger partial charge on any atom is 0.203 e. The minimum atomic E-state index is -0.681. The molecule has 6 aromatic rings. The molecular weight excluding hydrogens is 560 g/mol. The summed E-state index contributed by atoms with van der Waals surface area (Å²) in [5.41, 5.74) is 4.74. The van der Waals surface area contributed by atoms with Gasteiger partial charge in [0.25, 0.3) is 0 Å². The van der Waals surface area contributed by atoms with Crippen LogP contribution in [0.4, 0.5) is 0 Å². The van der Waals surface area contributed by atoms with Crippen LogP contribution in [-0.4, -0.2) is 5.11 Å². The van der Waals surface area contributed by atoms with Crippen molar-refractivity contribution in [3.05, 3.63) is 167 Å². The van der Waals surface area contributed by atoms with Crippen molar-refractivity contribution in [3.8, 4) is 23.0 Å². The van der Waals surface area contributed by atoms with E-state index in [1.54, 1.807) is 0 Å². The zero-order valence-corrected chi connectivity index (χ0v) is 24.8. The fourth-order valence-corrected chi connectivity index (χ4v) is 5.72. The van der Waals surface area contributed by atoms with Crippen molar-refractivity contribution in [2.45, 2.75) is 38.4 Å². The van der Waals surface area contributed by atoms with Gasteiger partial charge in [0.05, 0.1) is 6.10 Å². The largest absolute Gasteiger partial charge is 0.485 e. The number of ether oxygens (including phenoxy) is 4. The molecule has 1 heterocycles. The Bertz CT molecular complexity index is 1810. The second-order valence-electron chi connectivity index (χ2n) is 11.2. The first-order chi connectivity index (χ1) is 22.2. The monoisotopic (exact) mass is 594 g/mol. The Morgan fingerprint density at radius 1 is 0.578 bits per heavy atom. The van der Waals surface area contributed by atoms with Crippen molar-refractivity contribution in [1.29, 1.82) is 0 Å². The Kier molecular flexibility index (Phi) is 8.34. The van der Waals surface area contributed by atoms with Gasteiger partial charge in [-0.2, -0.15) is 0 Å². The van der Waals surface area contributed by atoms with Crippen molar-refractivity contribution in [2.24, 2.45) is 0 Å². The summed E-state index contributed by atoms with van der Waals surface area (Å²) in [6.45, 7) is 1.05. The molecule has 1 N–H and O–H groups in total. The van der Waals surface area contributed by atoms with Gasteiger partial charge in [-0.3, -0.25) is 0 Å². The number of hydrogen-bond donors (Lipinski definition) is 1. The van der Waals surface area contributed by atoms with Crippen molar-refractivity contribution < 1.29 is 24.1 Å². The molecule has 0 aliphatic carbocycles. The van der Waals surface area contributed by atoms with E-state index in [1.807, 2.05) is 133 Å². The molecule has 5 nitrogen and oxygen atoms in total. The van der Waals surface area contributed by atoms with E-state index >= 15 is 0 Å². The van der Waals surface area contributed by atoms with Gasteiger partial charge in [0.2, 0.25) is 5.75 Å². The number of rotatable bonds is 10. The summed E-state index contributed by atoms with van der Waals surface area (Å²) >= 11 is 0. The highest BCUT2D eigenvalue weighted by Crippen LogP contribution is 2.48. The molecular formula is C40H34O5.